The Morgan fingerprint density at radius 2 is 1.71 bits per heavy atom. The zero-order valence-corrected chi connectivity index (χ0v) is 17.2. The Balaban J connectivity index is 0.000000185. The smallest absolute Gasteiger partial charge is 0.338 e. The van der Waals surface area contributed by atoms with Crippen molar-refractivity contribution in [1.29, 1.82) is 0 Å². The maximum absolute atomic E-state index is 13.4. The van der Waals surface area contributed by atoms with Crippen LogP contribution in [0.3, 0.4) is 0 Å². The molecule has 0 bridgehead atoms. The van der Waals surface area contributed by atoms with Crippen molar-refractivity contribution in [2.24, 2.45) is 11.7 Å². The Kier molecular flexibility index (Phi) is 8.01. The number of hydrogen-bond acceptors (Lipinski definition) is 5. The normalized spacial score (nSPS) is 12.5. The summed E-state index contributed by atoms with van der Waals surface area (Å²) in [5, 5.41) is 0. The van der Waals surface area contributed by atoms with Gasteiger partial charge in [0.25, 0.3) is 0 Å². The number of nitrogens with two attached hydrogens (primary N) is 1. The summed E-state index contributed by atoms with van der Waals surface area (Å²) in [4.78, 5) is 26.9. The second-order valence-corrected chi connectivity index (χ2v) is 7.38. The van der Waals surface area contributed by atoms with Crippen molar-refractivity contribution in [2.75, 3.05) is 6.61 Å². The standard InChI is InChI=1S/C14H13FN2O.C11H12O2/c15-13-9-17-6-5-12(13)7-14(18)11-3-1-10(8-16)2-4-11;12-11(13-8-9-6-7-9)10-4-2-1-3-5-10/h1-6,9H,7-8,16H2;1-5,9H,6-8H2. The molecule has 1 aliphatic carbocycles. The molecule has 1 aliphatic rings. The van der Waals surface area contributed by atoms with Gasteiger partial charge in [-0.25, -0.2) is 9.18 Å². The minimum absolute atomic E-state index is 0.0380. The number of nitrogens with zero attached hydrogens (tertiary/aromatic N) is 1. The van der Waals surface area contributed by atoms with Gasteiger partial charge in [0.2, 0.25) is 0 Å². The number of carbonyl (C=O) groups excluding carboxylic acids is 2. The molecule has 6 heteroatoms. The number of esters is 1. The van der Waals surface area contributed by atoms with Crippen LogP contribution in [0.4, 0.5) is 4.39 Å². The molecule has 0 aliphatic heterocycles. The summed E-state index contributed by atoms with van der Waals surface area (Å²) in [5.74, 6) is -0.145. The molecule has 1 fully saturated rings. The monoisotopic (exact) mass is 420 g/mol. The van der Waals surface area contributed by atoms with Crippen LogP contribution in [0.25, 0.3) is 0 Å². The number of ketones is 1. The van der Waals surface area contributed by atoms with Gasteiger partial charge in [-0.05, 0) is 48.1 Å². The van der Waals surface area contributed by atoms with Gasteiger partial charge < -0.3 is 10.5 Å². The summed E-state index contributed by atoms with van der Waals surface area (Å²) in [6.07, 6.45) is 5.05. The Morgan fingerprint density at radius 3 is 2.32 bits per heavy atom. The van der Waals surface area contributed by atoms with Crippen molar-refractivity contribution < 1.29 is 18.7 Å². The largest absolute Gasteiger partial charge is 0.462 e. The Morgan fingerprint density at radius 1 is 1.00 bits per heavy atom. The summed E-state index contributed by atoms with van der Waals surface area (Å²) in [5.41, 5.74) is 8.00. The van der Waals surface area contributed by atoms with E-state index in [0.717, 1.165) is 11.8 Å². The van der Waals surface area contributed by atoms with Crippen molar-refractivity contribution in [3.05, 3.63) is 101 Å². The van der Waals surface area contributed by atoms with Crippen molar-refractivity contribution in [2.45, 2.75) is 25.8 Å². The highest BCUT2D eigenvalue weighted by Gasteiger charge is 2.23. The fourth-order valence-corrected chi connectivity index (χ4v) is 2.78. The molecule has 31 heavy (non-hydrogen) atoms. The summed E-state index contributed by atoms with van der Waals surface area (Å²) in [7, 11) is 0. The first-order chi connectivity index (χ1) is 15.1. The lowest BCUT2D eigenvalue weighted by atomic mass is 10.0. The summed E-state index contributed by atoms with van der Waals surface area (Å²) < 4.78 is 18.5. The highest BCUT2D eigenvalue weighted by Crippen LogP contribution is 2.29. The number of ether oxygens (including phenoxy) is 1. The Hall–Kier alpha value is -3.38. The van der Waals surface area contributed by atoms with E-state index < -0.39 is 5.82 Å². The van der Waals surface area contributed by atoms with Crippen LogP contribution in [0.2, 0.25) is 0 Å². The van der Waals surface area contributed by atoms with Crippen LogP contribution >= 0.6 is 0 Å². The van der Waals surface area contributed by atoms with Gasteiger partial charge in [0.15, 0.2) is 5.78 Å². The third-order valence-corrected chi connectivity index (χ3v) is 4.88. The molecule has 0 spiro atoms. The van der Waals surface area contributed by atoms with Crippen molar-refractivity contribution in [3.63, 3.8) is 0 Å². The zero-order chi connectivity index (χ0) is 22.1. The quantitative estimate of drug-likeness (QED) is 0.454. The maximum Gasteiger partial charge on any atom is 0.338 e. The van der Waals surface area contributed by atoms with E-state index in [1.54, 1.807) is 36.4 Å². The SMILES string of the molecule is NCc1ccc(C(=O)Cc2ccncc2F)cc1.O=C(OCC1CC1)c1ccccc1. The topological polar surface area (TPSA) is 82.3 Å². The molecule has 1 aromatic heterocycles. The molecule has 0 atom stereocenters. The van der Waals surface area contributed by atoms with Gasteiger partial charge in [0.05, 0.1) is 18.4 Å². The number of halogens is 1. The zero-order valence-electron chi connectivity index (χ0n) is 17.2. The third-order valence-electron chi connectivity index (χ3n) is 4.88. The van der Waals surface area contributed by atoms with Gasteiger partial charge in [-0.3, -0.25) is 9.78 Å². The van der Waals surface area contributed by atoms with Crippen molar-refractivity contribution >= 4 is 11.8 Å². The molecule has 1 heterocycles. The molecule has 0 unspecified atom stereocenters. The fourth-order valence-electron chi connectivity index (χ4n) is 2.78. The minimum Gasteiger partial charge on any atom is -0.462 e. The summed E-state index contributed by atoms with van der Waals surface area (Å²) in [6, 6.07) is 17.7. The summed E-state index contributed by atoms with van der Waals surface area (Å²) in [6.45, 7) is 1.03. The first-order valence-corrected chi connectivity index (χ1v) is 10.2. The van der Waals surface area contributed by atoms with Crippen molar-refractivity contribution in [1.82, 2.24) is 4.98 Å². The predicted molar refractivity (Wildman–Crippen MR) is 116 cm³/mol. The van der Waals surface area contributed by atoms with Gasteiger partial charge in [-0.15, -0.1) is 0 Å². The van der Waals surface area contributed by atoms with Gasteiger partial charge in [-0.2, -0.15) is 0 Å². The lowest BCUT2D eigenvalue weighted by Gasteiger charge is -2.03. The van der Waals surface area contributed by atoms with E-state index in [0.29, 0.717) is 35.8 Å². The number of hydrogen-bond donors (Lipinski definition) is 1. The van der Waals surface area contributed by atoms with E-state index in [-0.39, 0.29) is 18.2 Å². The first-order valence-electron chi connectivity index (χ1n) is 10.2. The number of aromatic nitrogens is 1. The van der Waals surface area contributed by atoms with E-state index in [1.807, 2.05) is 18.2 Å². The molecule has 2 N–H and O–H groups in total. The lowest BCUT2D eigenvalue weighted by Crippen LogP contribution is -2.06. The van der Waals surface area contributed by atoms with Crippen LogP contribution in [0.15, 0.2) is 73.1 Å². The van der Waals surface area contributed by atoms with Crippen LogP contribution in [0.5, 0.6) is 0 Å². The van der Waals surface area contributed by atoms with Gasteiger partial charge in [0, 0.05) is 24.7 Å². The number of carbonyl (C=O) groups is 2. The molecule has 5 nitrogen and oxygen atoms in total. The van der Waals surface area contributed by atoms with E-state index in [9.17, 15) is 14.0 Å². The predicted octanol–water partition coefficient (Wildman–Crippen LogP) is 4.36. The molecule has 3 aromatic rings. The van der Waals surface area contributed by atoms with Gasteiger partial charge >= 0.3 is 5.97 Å². The van der Waals surface area contributed by atoms with Gasteiger partial charge in [-0.1, -0.05) is 42.5 Å². The molecular formula is C25H25FN2O3. The highest BCUT2D eigenvalue weighted by molar-refractivity contribution is 5.97. The van der Waals surface area contributed by atoms with Crippen molar-refractivity contribution in [3.8, 4) is 0 Å². The third kappa shape index (κ3) is 7.12. The molecular weight excluding hydrogens is 395 g/mol. The second-order valence-electron chi connectivity index (χ2n) is 7.38. The van der Waals surface area contributed by atoms with E-state index >= 15 is 0 Å². The average Bonchev–Trinajstić information content (AvgIpc) is 3.65. The molecule has 0 saturated heterocycles. The highest BCUT2D eigenvalue weighted by atomic mass is 19.1. The number of rotatable bonds is 7. The Bertz CT molecular complexity index is 1000. The number of benzene rings is 2. The lowest BCUT2D eigenvalue weighted by molar-refractivity contribution is 0.0486. The van der Waals surface area contributed by atoms with Crippen LogP contribution in [0, 0.1) is 11.7 Å². The minimum atomic E-state index is -0.454. The molecule has 2 aromatic carbocycles. The van der Waals surface area contributed by atoms with Crippen LogP contribution in [-0.4, -0.2) is 23.3 Å². The second kappa shape index (κ2) is 11.1. The molecule has 160 valence electrons. The van der Waals surface area contributed by atoms with Crippen LogP contribution in [-0.2, 0) is 17.7 Å². The van der Waals surface area contributed by atoms with E-state index in [2.05, 4.69) is 4.98 Å². The number of pyridine rings is 1. The Labute approximate surface area is 181 Å². The molecule has 0 radical (unpaired) electrons. The van der Waals surface area contributed by atoms with E-state index in [1.165, 1.54) is 25.1 Å². The van der Waals surface area contributed by atoms with E-state index in [4.69, 9.17) is 10.5 Å². The molecule has 4 rings (SSSR count). The first kappa shape index (κ1) is 22.3. The average molecular weight is 420 g/mol. The maximum atomic E-state index is 13.4. The summed E-state index contributed by atoms with van der Waals surface area (Å²) >= 11 is 0. The van der Waals surface area contributed by atoms with Gasteiger partial charge in [0.1, 0.15) is 5.82 Å². The molecule has 0 amide bonds. The fraction of sp³-hybridized carbons (Fsp3) is 0.240. The molecule has 1 saturated carbocycles. The number of Topliss-reactive ketones (excluding diaryl/α,β-unsaturated/α-hetero) is 1. The van der Waals surface area contributed by atoms with Crippen LogP contribution in [0.1, 0.15) is 44.7 Å². The van der Waals surface area contributed by atoms with Crippen LogP contribution < -0.4 is 5.73 Å².